The number of carboxylic acid groups (broad SMARTS) is 1. The lowest BCUT2D eigenvalue weighted by molar-refractivity contribution is 0.0696. The summed E-state index contributed by atoms with van der Waals surface area (Å²) in [4.78, 5) is 11.0. The number of fused-ring (bicyclic) bond motifs is 2. The Morgan fingerprint density at radius 1 is 1.39 bits per heavy atom. The molecule has 0 aromatic heterocycles. The molecule has 1 saturated heterocycles. The van der Waals surface area contributed by atoms with Crippen molar-refractivity contribution in [3.63, 3.8) is 0 Å². The third-order valence-electron chi connectivity index (χ3n) is 4.46. The summed E-state index contributed by atoms with van der Waals surface area (Å²) >= 11 is 0. The summed E-state index contributed by atoms with van der Waals surface area (Å²) in [7, 11) is -3.67. The highest BCUT2D eigenvalue weighted by molar-refractivity contribution is 7.89. The summed E-state index contributed by atoms with van der Waals surface area (Å²) in [5, 5.41) is 8.95. The number of hydrogen-bond donors (Lipinski definition) is 2. The van der Waals surface area contributed by atoms with Gasteiger partial charge in [0.2, 0.25) is 10.0 Å². The molecule has 6 nitrogen and oxygen atoms in total. The van der Waals surface area contributed by atoms with Crippen molar-refractivity contribution in [2.24, 2.45) is 11.8 Å². The Kier molecular flexibility index (Phi) is 4.27. The summed E-state index contributed by atoms with van der Waals surface area (Å²) in [6, 6.07) is 4.01. The molecule has 2 aliphatic rings. The second-order valence-corrected chi connectivity index (χ2v) is 7.79. The van der Waals surface area contributed by atoms with Gasteiger partial charge in [0.05, 0.1) is 23.2 Å². The molecule has 1 heterocycles. The number of ether oxygens (including phenoxy) is 1. The third kappa shape index (κ3) is 3.31. The number of sulfonamides is 1. The third-order valence-corrected chi connectivity index (χ3v) is 6.04. The van der Waals surface area contributed by atoms with E-state index < -0.39 is 16.0 Å². The average Bonchev–Trinajstić information content (AvgIpc) is 2.88. The molecule has 0 radical (unpaired) electrons. The molecule has 2 N–H and O–H groups in total. The second-order valence-electron chi connectivity index (χ2n) is 6.05. The maximum Gasteiger partial charge on any atom is 0.335 e. The van der Waals surface area contributed by atoms with E-state index in [1.807, 2.05) is 12.2 Å². The van der Waals surface area contributed by atoms with E-state index in [1.54, 1.807) is 6.92 Å². The summed E-state index contributed by atoms with van der Waals surface area (Å²) in [5.74, 6) is -0.599. The number of aryl methyl sites for hydroxylation is 1. The van der Waals surface area contributed by atoms with Crippen LogP contribution in [0.5, 0.6) is 0 Å². The molecule has 1 aromatic carbocycles. The predicted octanol–water partition coefficient (Wildman–Crippen LogP) is 1.56. The zero-order valence-corrected chi connectivity index (χ0v) is 13.5. The van der Waals surface area contributed by atoms with Crippen LogP contribution in [0.4, 0.5) is 0 Å². The summed E-state index contributed by atoms with van der Waals surface area (Å²) < 4.78 is 33.1. The van der Waals surface area contributed by atoms with Crippen LogP contribution in [0.2, 0.25) is 0 Å². The average molecular weight is 337 g/mol. The lowest BCUT2D eigenvalue weighted by Gasteiger charge is -2.22. The highest BCUT2D eigenvalue weighted by atomic mass is 32.2. The Hall–Kier alpha value is -1.70. The first kappa shape index (κ1) is 16.2. The fourth-order valence-corrected chi connectivity index (χ4v) is 4.44. The molecule has 1 aliphatic carbocycles. The lowest BCUT2D eigenvalue weighted by atomic mass is 9.86. The van der Waals surface area contributed by atoms with Crippen LogP contribution < -0.4 is 4.72 Å². The number of carbonyl (C=O) groups is 1. The monoisotopic (exact) mass is 337 g/mol. The molecule has 0 spiro atoms. The standard InChI is InChI=1S/C16H19NO5S/c1-10-6-11(16(18)19)3-5-15(10)23(20,21)17-8-12-2-4-14-7-13(12)9-22-14/h2-6,12-14,17H,7-9H2,1H3,(H,18,19)/t12-,13+,14-/m0/s1. The Balaban J connectivity index is 1.73. The van der Waals surface area contributed by atoms with Gasteiger partial charge in [-0.3, -0.25) is 0 Å². The quantitative estimate of drug-likeness (QED) is 0.796. The number of aromatic carboxylic acids is 1. The Labute approximate surface area is 135 Å². The maximum atomic E-state index is 12.5. The lowest BCUT2D eigenvalue weighted by Crippen LogP contribution is -2.33. The van der Waals surface area contributed by atoms with Crippen LogP contribution in [0.15, 0.2) is 35.2 Å². The molecule has 3 atom stereocenters. The molecule has 0 saturated carbocycles. The van der Waals surface area contributed by atoms with Gasteiger partial charge in [0.15, 0.2) is 0 Å². The maximum absolute atomic E-state index is 12.5. The van der Waals surface area contributed by atoms with Crippen LogP contribution in [0.3, 0.4) is 0 Å². The number of carboxylic acids is 1. The van der Waals surface area contributed by atoms with Crippen LogP contribution in [-0.4, -0.2) is 38.7 Å². The molecule has 124 valence electrons. The van der Waals surface area contributed by atoms with Crippen molar-refractivity contribution >= 4 is 16.0 Å². The van der Waals surface area contributed by atoms with Crippen molar-refractivity contribution in [1.82, 2.24) is 4.72 Å². The normalized spacial score (nSPS) is 26.4. The first-order valence-electron chi connectivity index (χ1n) is 7.50. The summed E-state index contributed by atoms with van der Waals surface area (Å²) in [6.45, 7) is 2.58. The molecule has 7 heteroatoms. The van der Waals surface area contributed by atoms with Gasteiger partial charge < -0.3 is 9.84 Å². The van der Waals surface area contributed by atoms with Crippen LogP contribution in [-0.2, 0) is 14.8 Å². The van der Waals surface area contributed by atoms with Crippen molar-refractivity contribution in [1.29, 1.82) is 0 Å². The number of hydrogen-bond acceptors (Lipinski definition) is 4. The van der Waals surface area contributed by atoms with E-state index in [9.17, 15) is 13.2 Å². The number of benzene rings is 1. The number of rotatable bonds is 5. The molecular weight excluding hydrogens is 318 g/mol. The van der Waals surface area contributed by atoms with Gasteiger partial charge in [-0.25, -0.2) is 17.9 Å². The predicted molar refractivity (Wildman–Crippen MR) is 83.8 cm³/mol. The van der Waals surface area contributed by atoms with E-state index in [0.717, 1.165) is 6.42 Å². The molecule has 1 fully saturated rings. The molecule has 2 bridgehead atoms. The fourth-order valence-electron chi connectivity index (χ4n) is 3.14. The topological polar surface area (TPSA) is 92.7 Å². The molecule has 0 amide bonds. The molecule has 1 aromatic rings. The minimum absolute atomic E-state index is 0.0748. The zero-order valence-electron chi connectivity index (χ0n) is 12.7. The van der Waals surface area contributed by atoms with Gasteiger partial charge in [-0.15, -0.1) is 0 Å². The summed E-state index contributed by atoms with van der Waals surface area (Å²) in [6.07, 6.45) is 5.14. The molecular formula is C16H19NO5S. The minimum Gasteiger partial charge on any atom is -0.478 e. The van der Waals surface area contributed by atoms with Crippen LogP contribution in [0, 0.1) is 18.8 Å². The van der Waals surface area contributed by atoms with E-state index >= 15 is 0 Å². The molecule has 1 aliphatic heterocycles. The Morgan fingerprint density at radius 2 is 2.17 bits per heavy atom. The summed E-state index contributed by atoms with van der Waals surface area (Å²) in [5.41, 5.74) is 0.492. The smallest absolute Gasteiger partial charge is 0.335 e. The Bertz CT molecular complexity index is 756. The highest BCUT2D eigenvalue weighted by Crippen LogP contribution is 2.32. The van der Waals surface area contributed by atoms with Gasteiger partial charge in [0, 0.05) is 6.54 Å². The van der Waals surface area contributed by atoms with Crippen molar-refractivity contribution in [3.05, 3.63) is 41.5 Å². The number of nitrogens with one attached hydrogen (secondary N) is 1. The minimum atomic E-state index is -3.67. The first-order valence-corrected chi connectivity index (χ1v) is 8.98. The van der Waals surface area contributed by atoms with Gasteiger partial charge >= 0.3 is 5.97 Å². The van der Waals surface area contributed by atoms with Gasteiger partial charge in [0.25, 0.3) is 0 Å². The van der Waals surface area contributed by atoms with Gasteiger partial charge in [-0.05, 0) is 48.9 Å². The molecule has 23 heavy (non-hydrogen) atoms. The van der Waals surface area contributed by atoms with E-state index in [2.05, 4.69) is 4.72 Å². The van der Waals surface area contributed by atoms with E-state index in [-0.39, 0.29) is 22.5 Å². The van der Waals surface area contributed by atoms with Crippen molar-refractivity contribution < 1.29 is 23.1 Å². The van der Waals surface area contributed by atoms with Crippen molar-refractivity contribution in [2.45, 2.75) is 24.3 Å². The molecule has 0 unspecified atom stereocenters. The van der Waals surface area contributed by atoms with Crippen molar-refractivity contribution in [3.8, 4) is 0 Å². The largest absolute Gasteiger partial charge is 0.478 e. The van der Waals surface area contributed by atoms with E-state index in [4.69, 9.17) is 9.84 Å². The van der Waals surface area contributed by atoms with Crippen LogP contribution in [0.1, 0.15) is 22.3 Å². The highest BCUT2D eigenvalue weighted by Gasteiger charge is 2.33. The first-order chi connectivity index (χ1) is 10.9. The van der Waals surface area contributed by atoms with E-state index in [0.29, 0.717) is 24.6 Å². The van der Waals surface area contributed by atoms with Crippen LogP contribution >= 0.6 is 0 Å². The van der Waals surface area contributed by atoms with Crippen LogP contribution in [0.25, 0.3) is 0 Å². The molecule has 3 rings (SSSR count). The van der Waals surface area contributed by atoms with E-state index in [1.165, 1.54) is 18.2 Å². The zero-order chi connectivity index (χ0) is 16.6. The van der Waals surface area contributed by atoms with Gasteiger partial charge in [-0.2, -0.15) is 0 Å². The Morgan fingerprint density at radius 3 is 2.87 bits per heavy atom. The SMILES string of the molecule is Cc1cc(C(=O)O)ccc1S(=O)(=O)NC[C@@H]1C=C[C@H]2C[C@@H]1CO2. The second kappa shape index (κ2) is 6.07. The van der Waals surface area contributed by atoms with Gasteiger partial charge in [-0.1, -0.05) is 12.2 Å². The van der Waals surface area contributed by atoms with Crippen molar-refractivity contribution in [2.75, 3.05) is 13.2 Å². The fraction of sp³-hybridized carbons (Fsp3) is 0.438. The van der Waals surface area contributed by atoms with Gasteiger partial charge in [0.1, 0.15) is 0 Å².